The van der Waals surface area contributed by atoms with Crippen molar-refractivity contribution in [3.05, 3.63) is 35.9 Å². The second kappa shape index (κ2) is 11.8. The number of carbonyl (C=O) groups excluding carboxylic acids is 4. The summed E-state index contributed by atoms with van der Waals surface area (Å²) in [4.78, 5) is 49.6. The van der Waals surface area contributed by atoms with Crippen molar-refractivity contribution in [3.63, 3.8) is 0 Å². The smallest absolute Gasteiger partial charge is 0.410 e. The molecule has 1 aromatic carbocycles. The SMILES string of the molecule is COC(=O)CCC(NC(=O)C1CCN(C(=O)OCc2ccccc2)CC1)C(=O)OC. The first kappa shape index (κ1) is 23.2. The Bertz CT molecular complexity index is 730. The number of benzene rings is 1. The van der Waals surface area contributed by atoms with E-state index in [0.717, 1.165) is 5.56 Å². The van der Waals surface area contributed by atoms with E-state index in [1.807, 2.05) is 30.3 Å². The molecule has 30 heavy (non-hydrogen) atoms. The summed E-state index contributed by atoms with van der Waals surface area (Å²) in [7, 11) is 2.48. The van der Waals surface area contributed by atoms with Gasteiger partial charge in [0.05, 0.1) is 14.2 Å². The Balaban J connectivity index is 1.79. The van der Waals surface area contributed by atoms with Crippen LogP contribution in [-0.4, -0.2) is 62.2 Å². The average Bonchev–Trinajstić information content (AvgIpc) is 2.79. The standard InChI is InChI=1S/C21H28N2O7/c1-28-18(24)9-8-17(20(26)29-2)22-19(25)16-10-12-23(13-11-16)21(27)30-14-15-6-4-3-5-7-15/h3-7,16-17H,8-14H2,1-2H3,(H,22,25). The highest BCUT2D eigenvalue weighted by Crippen LogP contribution is 2.19. The van der Waals surface area contributed by atoms with Crippen molar-refractivity contribution in [3.8, 4) is 0 Å². The van der Waals surface area contributed by atoms with Crippen molar-refractivity contribution in [2.75, 3.05) is 27.3 Å². The fourth-order valence-corrected chi connectivity index (χ4v) is 3.18. The first-order chi connectivity index (χ1) is 14.4. The van der Waals surface area contributed by atoms with Crippen LogP contribution in [0, 0.1) is 5.92 Å². The van der Waals surface area contributed by atoms with Crippen LogP contribution in [0.25, 0.3) is 0 Å². The third kappa shape index (κ3) is 7.06. The maximum Gasteiger partial charge on any atom is 0.410 e. The van der Waals surface area contributed by atoms with E-state index in [2.05, 4.69) is 10.1 Å². The molecule has 0 radical (unpaired) electrons. The van der Waals surface area contributed by atoms with Crippen LogP contribution in [0.1, 0.15) is 31.2 Å². The van der Waals surface area contributed by atoms with Crippen LogP contribution in [0.2, 0.25) is 0 Å². The largest absolute Gasteiger partial charge is 0.469 e. The number of carbonyl (C=O) groups is 4. The highest BCUT2D eigenvalue weighted by molar-refractivity contribution is 5.86. The number of rotatable bonds is 8. The molecule has 1 aliphatic heterocycles. The lowest BCUT2D eigenvalue weighted by Gasteiger charge is -2.31. The third-order valence-electron chi connectivity index (χ3n) is 5.00. The van der Waals surface area contributed by atoms with Crippen LogP contribution >= 0.6 is 0 Å². The van der Waals surface area contributed by atoms with Crippen molar-refractivity contribution in [2.24, 2.45) is 5.92 Å². The number of hydrogen-bond donors (Lipinski definition) is 1. The maximum atomic E-state index is 12.6. The third-order valence-corrected chi connectivity index (χ3v) is 5.00. The van der Waals surface area contributed by atoms with Gasteiger partial charge in [0, 0.05) is 25.4 Å². The minimum Gasteiger partial charge on any atom is -0.469 e. The minimum absolute atomic E-state index is 0.0117. The van der Waals surface area contributed by atoms with Gasteiger partial charge in [-0.15, -0.1) is 0 Å². The maximum absolute atomic E-state index is 12.6. The molecule has 1 aromatic rings. The lowest BCUT2D eigenvalue weighted by molar-refractivity contribution is -0.147. The molecule has 9 heteroatoms. The van der Waals surface area contributed by atoms with Gasteiger partial charge in [-0.2, -0.15) is 0 Å². The van der Waals surface area contributed by atoms with E-state index in [1.165, 1.54) is 14.2 Å². The summed E-state index contributed by atoms with van der Waals surface area (Å²) in [5.74, 6) is -1.73. The summed E-state index contributed by atoms with van der Waals surface area (Å²) in [6.45, 7) is 0.967. The Morgan fingerprint density at radius 2 is 1.73 bits per heavy atom. The molecule has 1 saturated heterocycles. The van der Waals surface area contributed by atoms with Crippen LogP contribution in [0.15, 0.2) is 30.3 Å². The number of nitrogens with one attached hydrogen (secondary N) is 1. The zero-order valence-electron chi connectivity index (χ0n) is 17.3. The number of esters is 2. The molecule has 0 saturated carbocycles. The van der Waals surface area contributed by atoms with Crippen LogP contribution < -0.4 is 5.32 Å². The van der Waals surface area contributed by atoms with Gasteiger partial charge in [-0.25, -0.2) is 9.59 Å². The topological polar surface area (TPSA) is 111 Å². The number of nitrogens with zero attached hydrogens (tertiary/aromatic N) is 1. The number of piperidine rings is 1. The molecule has 0 bridgehead atoms. The molecule has 0 spiro atoms. The Morgan fingerprint density at radius 3 is 2.33 bits per heavy atom. The van der Waals surface area contributed by atoms with Gasteiger partial charge in [-0.05, 0) is 24.8 Å². The Morgan fingerprint density at radius 1 is 1.07 bits per heavy atom. The molecular formula is C21H28N2O7. The molecule has 2 amide bonds. The fraction of sp³-hybridized carbons (Fsp3) is 0.524. The van der Waals surface area contributed by atoms with E-state index in [9.17, 15) is 19.2 Å². The second-order valence-corrected chi connectivity index (χ2v) is 7.00. The summed E-state index contributed by atoms with van der Waals surface area (Å²) in [5, 5.41) is 2.65. The van der Waals surface area contributed by atoms with Crippen LogP contribution in [-0.2, 0) is 35.2 Å². The lowest BCUT2D eigenvalue weighted by atomic mass is 9.95. The van der Waals surface area contributed by atoms with Gasteiger partial charge in [-0.1, -0.05) is 30.3 Å². The summed E-state index contributed by atoms with van der Waals surface area (Å²) < 4.78 is 14.6. The molecule has 0 aromatic heterocycles. The number of ether oxygens (including phenoxy) is 3. The molecule has 1 N–H and O–H groups in total. The Labute approximate surface area is 175 Å². The minimum atomic E-state index is -0.921. The highest BCUT2D eigenvalue weighted by atomic mass is 16.6. The Hall–Kier alpha value is -3.10. The number of methoxy groups -OCH3 is 2. The van der Waals surface area contributed by atoms with Crippen molar-refractivity contribution in [1.29, 1.82) is 0 Å². The van der Waals surface area contributed by atoms with Crippen molar-refractivity contribution in [2.45, 2.75) is 38.3 Å². The van der Waals surface area contributed by atoms with Crippen LogP contribution in [0.4, 0.5) is 4.79 Å². The molecular weight excluding hydrogens is 392 g/mol. The Kier molecular flexibility index (Phi) is 9.11. The molecule has 1 aliphatic rings. The zero-order chi connectivity index (χ0) is 21.9. The zero-order valence-corrected chi connectivity index (χ0v) is 17.3. The molecule has 1 atom stereocenters. The van der Waals surface area contributed by atoms with Gasteiger partial charge < -0.3 is 24.4 Å². The van der Waals surface area contributed by atoms with E-state index in [0.29, 0.717) is 25.9 Å². The van der Waals surface area contributed by atoms with Crippen LogP contribution in [0.5, 0.6) is 0 Å². The van der Waals surface area contributed by atoms with Gasteiger partial charge in [0.1, 0.15) is 12.6 Å². The quantitative estimate of drug-likeness (QED) is 0.503. The second-order valence-electron chi connectivity index (χ2n) is 7.00. The van der Waals surface area contributed by atoms with Gasteiger partial charge in [0.15, 0.2) is 0 Å². The predicted molar refractivity (Wildman–Crippen MR) is 106 cm³/mol. The first-order valence-electron chi connectivity index (χ1n) is 9.85. The summed E-state index contributed by atoms with van der Waals surface area (Å²) >= 11 is 0. The van der Waals surface area contributed by atoms with E-state index in [1.54, 1.807) is 4.90 Å². The molecule has 2 rings (SSSR count). The van der Waals surface area contributed by atoms with Gasteiger partial charge in [0.25, 0.3) is 0 Å². The van der Waals surface area contributed by atoms with Gasteiger partial charge >= 0.3 is 18.0 Å². The van der Waals surface area contributed by atoms with Crippen molar-refractivity contribution >= 4 is 23.9 Å². The van der Waals surface area contributed by atoms with Crippen molar-refractivity contribution < 1.29 is 33.4 Å². The number of likely N-dealkylation sites (tertiary alicyclic amines) is 1. The van der Waals surface area contributed by atoms with E-state index < -0.39 is 24.1 Å². The number of amides is 2. The normalized spacial score (nSPS) is 15.1. The molecule has 1 heterocycles. The molecule has 9 nitrogen and oxygen atoms in total. The molecule has 1 unspecified atom stereocenters. The lowest BCUT2D eigenvalue weighted by Crippen LogP contribution is -2.48. The highest BCUT2D eigenvalue weighted by Gasteiger charge is 2.31. The number of hydrogen-bond acceptors (Lipinski definition) is 7. The molecule has 164 valence electrons. The predicted octanol–water partition coefficient (Wildman–Crippen LogP) is 1.65. The summed E-state index contributed by atoms with van der Waals surface area (Å²) in [6.07, 6.45) is 0.579. The van der Waals surface area contributed by atoms with E-state index in [4.69, 9.17) is 9.47 Å². The summed E-state index contributed by atoms with van der Waals surface area (Å²) in [5.41, 5.74) is 0.904. The average molecular weight is 420 g/mol. The van der Waals surface area contributed by atoms with Crippen LogP contribution in [0.3, 0.4) is 0 Å². The monoisotopic (exact) mass is 420 g/mol. The fourth-order valence-electron chi connectivity index (χ4n) is 3.18. The summed E-state index contributed by atoms with van der Waals surface area (Å²) in [6, 6.07) is 8.47. The molecule has 0 aliphatic carbocycles. The van der Waals surface area contributed by atoms with Crippen molar-refractivity contribution in [1.82, 2.24) is 10.2 Å². The van der Waals surface area contributed by atoms with E-state index in [-0.39, 0.29) is 31.3 Å². The first-order valence-corrected chi connectivity index (χ1v) is 9.85. The van der Waals surface area contributed by atoms with Gasteiger partial charge in [-0.3, -0.25) is 9.59 Å². The molecule has 1 fully saturated rings. The van der Waals surface area contributed by atoms with E-state index >= 15 is 0 Å². The van der Waals surface area contributed by atoms with Gasteiger partial charge in [0.2, 0.25) is 5.91 Å².